The molecule has 0 radical (unpaired) electrons. The molecule has 4 rings (SSSR count). The van der Waals surface area contributed by atoms with Gasteiger partial charge in [-0.15, -0.1) is 11.3 Å². The normalized spacial score (nSPS) is 23.1. The van der Waals surface area contributed by atoms with Crippen molar-refractivity contribution in [1.82, 2.24) is 10.2 Å². The van der Waals surface area contributed by atoms with Crippen LogP contribution in [0.5, 0.6) is 0 Å². The highest BCUT2D eigenvalue weighted by Crippen LogP contribution is 2.44. The Labute approximate surface area is 157 Å². The quantitative estimate of drug-likeness (QED) is 0.841. The molecule has 1 aromatic rings. The fourth-order valence-electron chi connectivity index (χ4n) is 4.53. The zero-order chi connectivity index (χ0) is 18.1. The van der Waals surface area contributed by atoms with Crippen molar-refractivity contribution in [1.29, 1.82) is 0 Å². The van der Waals surface area contributed by atoms with Crippen LogP contribution in [0.25, 0.3) is 0 Å². The summed E-state index contributed by atoms with van der Waals surface area (Å²) in [6.07, 6.45) is 7.01. The molecule has 3 heterocycles. The first-order chi connectivity index (χ1) is 12.6. The van der Waals surface area contributed by atoms with Gasteiger partial charge in [0, 0.05) is 30.4 Å². The van der Waals surface area contributed by atoms with Gasteiger partial charge in [0.05, 0.1) is 23.6 Å². The Morgan fingerprint density at radius 3 is 2.73 bits per heavy atom. The van der Waals surface area contributed by atoms with Crippen LogP contribution < -0.4 is 5.32 Å². The molecule has 0 bridgehead atoms. The largest absolute Gasteiger partial charge is 0.480 e. The van der Waals surface area contributed by atoms with Crippen molar-refractivity contribution in [2.24, 2.45) is 0 Å². The fraction of sp³-hybridized carbons (Fsp3) is 0.684. The summed E-state index contributed by atoms with van der Waals surface area (Å²) in [4.78, 5) is 27.6. The minimum Gasteiger partial charge on any atom is -0.480 e. The highest BCUT2D eigenvalue weighted by atomic mass is 32.1. The number of hydrogen-bond donors (Lipinski definition) is 2. The number of piperidine rings is 1. The summed E-state index contributed by atoms with van der Waals surface area (Å²) in [6.45, 7) is 2.19. The van der Waals surface area contributed by atoms with E-state index in [0.29, 0.717) is 25.7 Å². The standard InChI is InChI=1S/C19H26N2O4S/c22-17(23)12-21-8-6-19(7-9-21)14-11-16(26-15(14)5-10-25-19)18(24)20-13-3-1-2-4-13/h11,13H,1-10,12H2,(H,20,24)(H,22,23). The molecule has 0 atom stereocenters. The first kappa shape index (κ1) is 17.9. The number of likely N-dealkylation sites (tertiary alicyclic amines) is 1. The van der Waals surface area contributed by atoms with Crippen molar-refractivity contribution in [2.45, 2.75) is 56.6 Å². The van der Waals surface area contributed by atoms with E-state index in [2.05, 4.69) is 5.32 Å². The molecule has 1 amide bonds. The SMILES string of the molecule is O=C(O)CN1CCC2(CC1)OCCc1sc(C(=O)NC3CCCC3)cc12. The number of hydrogen-bond acceptors (Lipinski definition) is 5. The number of carbonyl (C=O) groups excluding carboxylic acids is 1. The Morgan fingerprint density at radius 2 is 2.04 bits per heavy atom. The van der Waals surface area contributed by atoms with Gasteiger partial charge in [-0.3, -0.25) is 14.5 Å². The molecule has 1 aromatic heterocycles. The summed E-state index contributed by atoms with van der Waals surface area (Å²) in [7, 11) is 0. The van der Waals surface area contributed by atoms with E-state index in [9.17, 15) is 9.59 Å². The van der Waals surface area contributed by atoms with Crippen LogP contribution in [0.1, 0.15) is 58.6 Å². The zero-order valence-corrected chi connectivity index (χ0v) is 15.8. The van der Waals surface area contributed by atoms with Crippen molar-refractivity contribution >= 4 is 23.2 Å². The molecule has 1 saturated heterocycles. The highest BCUT2D eigenvalue weighted by molar-refractivity contribution is 7.14. The topological polar surface area (TPSA) is 78.9 Å². The van der Waals surface area contributed by atoms with E-state index >= 15 is 0 Å². The van der Waals surface area contributed by atoms with E-state index in [1.54, 1.807) is 11.3 Å². The van der Waals surface area contributed by atoms with Crippen molar-refractivity contribution in [3.63, 3.8) is 0 Å². The summed E-state index contributed by atoms with van der Waals surface area (Å²) in [5.41, 5.74) is 0.825. The Balaban J connectivity index is 1.49. The first-order valence-corrected chi connectivity index (χ1v) is 10.4. The van der Waals surface area contributed by atoms with Gasteiger partial charge in [-0.25, -0.2) is 0 Å². The second kappa shape index (κ2) is 7.29. The average Bonchev–Trinajstić information content (AvgIpc) is 3.27. The molecule has 0 aromatic carbocycles. The van der Waals surface area contributed by atoms with Gasteiger partial charge in [0.25, 0.3) is 5.91 Å². The number of carboxylic acid groups (broad SMARTS) is 1. The number of rotatable bonds is 4. The first-order valence-electron chi connectivity index (χ1n) is 9.58. The van der Waals surface area contributed by atoms with Gasteiger partial charge in [0.2, 0.25) is 0 Å². The summed E-state index contributed by atoms with van der Waals surface area (Å²) in [5.74, 6) is -0.734. The number of ether oxygens (including phenoxy) is 1. The van der Waals surface area contributed by atoms with Gasteiger partial charge >= 0.3 is 5.97 Å². The predicted octanol–water partition coefficient (Wildman–Crippen LogP) is 2.37. The molecule has 1 spiro atoms. The number of nitrogens with one attached hydrogen (secondary N) is 1. The van der Waals surface area contributed by atoms with E-state index in [-0.39, 0.29) is 18.1 Å². The number of carboxylic acids is 1. The van der Waals surface area contributed by atoms with Crippen LogP contribution in [0.2, 0.25) is 0 Å². The van der Waals surface area contributed by atoms with Crippen molar-refractivity contribution in [2.75, 3.05) is 26.2 Å². The molecule has 0 unspecified atom stereocenters. The lowest BCUT2D eigenvalue weighted by molar-refractivity contribution is -0.141. The number of carbonyl (C=O) groups is 2. The smallest absolute Gasteiger partial charge is 0.317 e. The maximum absolute atomic E-state index is 12.6. The van der Waals surface area contributed by atoms with Gasteiger partial charge in [0.15, 0.2) is 0 Å². The third kappa shape index (κ3) is 3.52. The second-order valence-electron chi connectivity index (χ2n) is 7.66. The molecule has 142 valence electrons. The molecule has 2 fully saturated rings. The van der Waals surface area contributed by atoms with Crippen LogP contribution in [0.15, 0.2) is 6.07 Å². The van der Waals surface area contributed by atoms with Crippen LogP contribution in [0.3, 0.4) is 0 Å². The van der Waals surface area contributed by atoms with Gasteiger partial charge in [-0.1, -0.05) is 12.8 Å². The van der Waals surface area contributed by atoms with E-state index in [1.165, 1.54) is 23.3 Å². The number of aliphatic carboxylic acids is 1. The maximum atomic E-state index is 12.6. The molecule has 1 aliphatic carbocycles. The zero-order valence-electron chi connectivity index (χ0n) is 15.0. The van der Waals surface area contributed by atoms with E-state index in [4.69, 9.17) is 9.84 Å². The third-order valence-corrected chi connectivity index (χ3v) is 7.14. The molecule has 1 saturated carbocycles. The molecule has 2 aliphatic heterocycles. The van der Waals surface area contributed by atoms with Gasteiger partial charge in [-0.05, 0) is 37.3 Å². The Kier molecular flexibility index (Phi) is 5.03. The third-order valence-electron chi connectivity index (χ3n) is 5.94. The Hall–Kier alpha value is -1.44. The van der Waals surface area contributed by atoms with Gasteiger partial charge in [-0.2, -0.15) is 0 Å². The van der Waals surface area contributed by atoms with Crippen LogP contribution in [-0.2, 0) is 21.6 Å². The Bertz CT molecular complexity index is 688. The van der Waals surface area contributed by atoms with Crippen molar-refractivity contribution in [3.8, 4) is 0 Å². The van der Waals surface area contributed by atoms with Crippen LogP contribution in [0, 0.1) is 0 Å². The fourth-order valence-corrected chi connectivity index (χ4v) is 5.67. The van der Waals surface area contributed by atoms with Crippen molar-refractivity contribution < 1.29 is 19.4 Å². The van der Waals surface area contributed by atoms with E-state index in [1.807, 2.05) is 11.0 Å². The van der Waals surface area contributed by atoms with E-state index < -0.39 is 5.97 Å². The lowest BCUT2D eigenvalue weighted by Crippen LogP contribution is -2.47. The van der Waals surface area contributed by atoms with E-state index in [0.717, 1.165) is 37.0 Å². The summed E-state index contributed by atoms with van der Waals surface area (Å²) in [6, 6.07) is 2.36. The molecule has 3 aliphatic rings. The van der Waals surface area contributed by atoms with Crippen molar-refractivity contribution in [3.05, 3.63) is 21.4 Å². The summed E-state index contributed by atoms with van der Waals surface area (Å²) >= 11 is 1.61. The molecule has 26 heavy (non-hydrogen) atoms. The number of thiophene rings is 1. The number of nitrogens with zero attached hydrogens (tertiary/aromatic N) is 1. The number of amides is 1. The minimum atomic E-state index is -0.785. The average molecular weight is 378 g/mol. The summed E-state index contributed by atoms with van der Waals surface area (Å²) in [5, 5.41) is 12.2. The van der Waals surface area contributed by atoms with Gasteiger partial charge in [0.1, 0.15) is 0 Å². The van der Waals surface area contributed by atoms with Crippen LogP contribution >= 0.6 is 11.3 Å². The molecular weight excluding hydrogens is 352 g/mol. The van der Waals surface area contributed by atoms with Gasteiger partial charge < -0.3 is 15.2 Å². The highest BCUT2D eigenvalue weighted by Gasteiger charge is 2.42. The lowest BCUT2D eigenvalue weighted by atomic mass is 9.82. The predicted molar refractivity (Wildman–Crippen MR) is 98.7 cm³/mol. The maximum Gasteiger partial charge on any atom is 0.317 e. The Morgan fingerprint density at radius 1 is 1.31 bits per heavy atom. The lowest BCUT2D eigenvalue weighted by Gasteiger charge is -2.43. The monoisotopic (exact) mass is 378 g/mol. The molecular formula is C19H26N2O4S. The molecule has 2 N–H and O–H groups in total. The minimum absolute atomic E-state index is 0.0507. The number of fused-ring (bicyclic) bond motifs is 2. The van der Waals surface area contributed by atoms with Crippen LogP contribution in [-0.4, -0.2) is 54.2 Å². The second-order valence-corrected chi connectivity index (χ2v) is 8.80. The molecule has 6 nitrogen and oxygen atoms in total. The van der Waals surface area contributed by atoms with Crippen LogP contribution in [0.4, 0.5) is 0 Å². The molecule has 7 heteroatoms. The summed E-state index contributed by atoms with van der Waals surface area (Å²) < 4.78 is 6.21.